The van der Waals surface area contributed by atoms with E-state index >= 15 is 0 Å². The second kappa shape index (κ2) is 3.90. The molecule has 12 heavy (non-hydrogen) atoms. The topological polar surface area (TPSA) is 63.3 Å². The molecular weight excluding hydrogens is 154 g/mol. The Bertz CT molecular complexity index is 295. The smallest absolute Gasteiger partial charge is 0.303 e. The number of carboxylic acids is 1. The fourth-order valence-electron chi connectivity index (χ4n) is 1.44. The third-order valence-electron chi connectivity index (χ3n) is 2.15. The van der Waals surface area contributed by atoms with Gasteiger partial charge in [0.2, 0.25) is 0 Å². The fraction of sp³-hybridized carbons (Fsp3) is 0.889. The molecule has 1 unspecified atom stereocenters. The lowest BCUT2D eigenvalue weighted by Crippen LogP contribution is -2.34. The molecule has 0 bridgehead atoms. The zero-order valence-corrected chi connectivity index (χ0v) is 6.97. The molecule has 1 atom stereocenters. The molecule has 0 saturated heterocycles. The lowest BCUT2D eigenvalue weighted by Gasteiger charge is -2.34. The van der Waals surface area contributed by atoms with Gasteiger partial charge in [0.25, 0.3) is 0 Å². The van der Waals surface area contributed by atoms with E-state index in [1.54, 1.807) is 0 Å². The highest BCUT2D eigenvalue weighted by atomic mass is 16.4. The lowest BCUT2D eigenvalue weighted by atomic mass is 9.72. The van der Waals surface area contributed by atoms with Gasteiger partial charge in [-0.2, -0.15) is 0 Å². The van der Waals surface area contributed by atoms with Crippen molar-refractivity contribution >= 4 is 5.97 Å². The maximum absolute atomic E-state index is 10.8. The Labute approximate surface area is 78.6 Å². The molecule has 3 N–H and O–H groups in total. The minimum atomic E-state index is -1.72. The number of rotatable bonds is 3. The van der Waals surface area contributed by atoms with Gasteiger partial charge < -0.3 is 10.8 Å². The maximum atomic E-state index is 10.8. The second-order valence-electron chi connectivity index (χ2n) is 3.16. The first-order chi connectivity index (χ1) is 7.14. The predicted octanol–water partition coefficient (Wildman–Crippen LogP) is 1.37. The molecule has 0 aromatic heterocycles. The molecule has 70 valence electrons. The molecule has 0 aliphatic heterocycles. The fourth-order valence-corrected chi connectivity index (χ4v) is 1.44. The van der Waals surface area contributed by atoms with E-state index in [1.165, 1.54) is 0 Å². The van der Waals surface area contributed by atoms with Crippen molar-refractivity contribution in [3.63, 3.8) is 0 Å². The summed E-state index contributed by atoms with van der Waals surface area (Å²) in [5, 5.41) is 8.82. The molecule has 0 radical (unpaired) electrons. The molecule has 1 fully saturated rings. The van der Waals surface area contributed by atoms with Crippen LogP contribution in [-0.2, 0) is 4.79 Å². The Morgan fingerprint density at radius 3 is 3.00 bits per heavy atom. The Hall–Kier alpha value is -0.570. The summed E-state index contributed by atoms with van der Waals surface area (Å²) in [7, 11) is 0. The average molecular weight is 175 g/mol. The Morgan fingerprint density at radius 2 is 2.42 bits per heavy atom. The zero-order valence-electron chi connectivity index (χ0n) is 11.0. The number of hydrogen-bond acceptors (Lipinski definition) is 2. The van der Waals surface area contributed by atoms with Crippen molar-refractivity contribution in [3.05, 3.63) is 0 Å². The van der Waals surface area contributed by atoms with Crippen LogP contribution in [0.1, 0.15) is 43.9 Å². The van der Waals surface area contributed by atoms with Crippen molar-refractivity contribution in [2.24, 2.45) is 11.1 Å². The standard InChI is InChI=1S/C9H17NO2/c10-7-9(6-8(11)12)4-2-1-3-5-9/h1-7,10H2,(H,11,12)/i2D2,5D2. The molecule has 1 aliphatic carbocycles. The number of aliphatic carboxylic acids is 1. The van der Waals surface area contributed by atoms with E-state index in [9.17, 15) is 4.79 Å². The monoisotopic (exact) mass is 175 g/mol. The van der Waals surface area contributed by atoms with E-state index < -0.39 is 30.6 Å². The maximum Gasteiger partial charge on any atom is 0.303 e. The number of nitrogens with two attached hydrogens (primary N) is 1. The Morgan fingerprint density at radius 1 is 1.67 bits per heavy atom. The van der Waals surface area contributed by atoms with Gasteiger partial charge in [0.15, 0.2) is 0 Å². The summed E-state index contributed by atoms with van der Waals surface area (Å²) < 4.78 is 31.0. The lowest BCUT2D eigenvalue weighted by molar-refractivity contribution is -0.140. The molecule has 0 spiro atoms. The van der Waals surface area contributed by atoms with Crippen molar-refractivity contribution in [1.29, 1.82) is 0 Å². The SMILES string of the molecule is [2H]C1([2H])CCC([2H])([2H])C(CN)(CC(=O)O)C1. The highest BCUT2D eigenvalue weighted by Crippen LogP contribution is 2.38. The minimum absolute atomic E-state index is 0.0183. The summed E-state index contributed by atoms with van der Waals surface area (Å²) in [5.41, 5.74) is 4.22. The minimum Gasteiger partial charge on any atom is -0.481 e. The van der Waals surface area contributed by atoms with Gasteiger partial charge in [-0.3, -0.25) is 4.79 Å². The van der Waals surface area contributed by atoms with Crippen LogP contribution in [0.3, 0.4) is 0 Å². The van der Waals surface area contributed by atoms with E-state index in [0.717, 1.165) is 0 Å². The van der Waals surface area contributed by atoms with Crippen molar-refractivity contribution in [2.45, 2.75) is 38.4 Å². The normalized spacial score (nSPS) is 43.4. The number of carbonyl (C=O) groups is 1. The van der Waals surface area contributed by atoms with Gasteiger partial charge in [-0.1, -0.05) is 19.2 Å². The van der Waals surface area contributed by atoms with Crippen molar-refractivity contribution in [2.75, 3.05) is 6.54 Å². The highest BCUT2D eigenvalue weighted by Gasteiger charge is 2.32. The molecule has 0 aromatic rings. The third-order valence-corrected chi connectivity index (χ3v) is 2.15. The molecule has 0 heterocycles. The van der Waals surface area contributed by atoms with Crippen LogP contribution in [0.5, 0.6) is 0 Å². The van der Waals surface area contributed by atoms with Gasteiger partial charge in [0.1, 0.15) is 0 Å². The second-order valence-corrected chi connectivity index (χ2v) is 3.16. The van der Waals surface area contributed by atoms with E-state index in [1.807, 2.05) is 0 Å². The summed E-state index contributed by atoms with van der Waals surface area (Å²) in [6.07, 6.45) is -3.66. The van der Waals surface area contributed by atoms with E-state index in [-0.39, 0.29) is 25.8 Å². The molecule has 0 amide bonds. The molecule has 3 nitrogen and oxygen atoms in total. The first-order valence-corrected chi connectivity index (χ1v) is 4.06. The summed E-state index contributed by atoms with van der Waals surface area (Å²) >= 11 is 0. The largest absolute Gasteiger partial charge is 0.481 e. The molecule has 1 saturated carbocycles. The molecule has 0 aromatic carbocycles. The van der Waals surface area contributed by atoms with Gasteiger partial charge in [0, 0.05) is 5.48 Å². The van der Waals surface area contributed by atoms with Crippen LogP contribution < -0.4 is 5.73 Å². The van der Waals surface area contributed by atoms with Crippen LogP contribution in [0.2, 0.25) is 0 Å². The number of carboxylic acid groups (broad SMARTS) is 1. The van der Waals surface area contributed by atoms with Gasteiger partial charge in [-0.15, -0.1) is 0 Å². The average Bonchev–Trinajstić information content (AvgIpc) is 2.11. The van der Waals surface area contributed by atoms with Gasteiger partial charge >= 0.3 is 5.97 Å². The van der Waals surface area contributed by atoms with Gasteiger partial charge in [0.05, 0.1) is 6.42 Å². The van der Waals surface area contributed by atoms with E-state index in [2.05, 4.69) is 0 Å². The van der Waals surface area contributed by atoms with Crippen LogP contribution in [-0.4, -0.2) is 17.6 Å². The van der Waals surface area contributed by atoms with Gasteiger partial charge in [-0.25, -0.2) is 0 Å². The van der Waals surface area contributed by atoms with E-state index in [0.29, 0.717) is 0 Å². The summed E-state index contributed by atoms with van der Waals surface area (Å²) in [6, 6.07) is 0. The van der Waals surface area contributed by atoms with Crippen molar-refractivity contribution < 1.29 is 15.4 Å². The predicted molar refractivity (Wildman–Crippen MR) is 46.8 cm³/mol. The van der Waals surface area contributed by atoms with Crippen LogP contribution >= 0.6 is 0 Å². The van der Waals surface area contributed by atoms with Crippen LogP contribution in [0.15, 0.2) is 0 Å². The van der Waals surface area contributed by atoms with Crippen LogP contribution in [0.25, 0.3) is 0 Å². The first-order valence-electron chi connectivity index (χ1n) is 6.06. The van der Waals surface area contributed by atoms with Crippen LogP contribution in [0.4, 0.5) is 0 Å². The van der Waals surface area contributed by atoms with Crippen LogP contribution in [0, 0.1) is 5.41 Å². The molecule has 3 heteroatoms. The van der Waals surface area contributed by atoms with E-state index in [4.69, 9.17) is 16.3 Å². The summed E-state index contributed by atoms with van der Waals surface area (Å²) in [4.78, 5) is 10.8. The first kappa shape index (κ1) is 5.22. The molecule has 1 rings (SSSR count). The third kappa shape index (κ3) is 2.21. The number of hydrogen-bond donors (Lipinski definition) is 2. The Balaban J connectivity index is 3.04. The highest BCUT2D eigenvalue weighted by molar-refractivity contribution is 5.67. The molecular formula is C9H17NO2. The zero-order chi connectivity index (χ0) is 12.6. The quantitative estimate of drug-likeness (QED) is 0.681. The van der Waals surface area contributed by atoms with Gasteiger partial charge in [-0.05, 0) is 24.8 Å². The summed E-state index contributed by atoms with van der Waals surface area (Å²) in [5.74, 6) is -1.13. The Kier molecular flexibility index (Phi) is 1.70. The van der Waals surface area contributed by atoms with Crippen molar-refractivity contribution in [1.82, 2.24) is 0 Å². The van der Waals surface area contributed by atoms with Crippen molar-refractivity contribution in [3.8, 4) is 0 Å². The molecule has 1 aliphatic rings. The summed E-state index contributed by atoms with van der Waals surface area (Å²) in [6.45, 7) is -0.147.